The molecule has 0 amide bonds. The lowest BCUT2D eigenvalue weighted by molar-refractivity contribution is -0.386. The lowest BCUT2D eigenvalue weighted by Gasteiger charge is -1.99. The van der Waals surface area contributed by atoms with E-state index in [1.807, 2.05) is 0 Å². The molecule has 0 unspecified atom stereocenters. The van der Waals surface area contributed by atoms with Gasteiger partial charge >= 0.3 is 11.7 Å². The zero-order valence-electron chi connectivity index (χ0n) is 6.76. The van der Waals surface area contributed by atoms with Crippen LogP contribution in [0.1, 0.15) is 6.92 Å². The summed E-state index contributed by atoms with van der Waals surface area (Å²) < 4.78 is 4.59. The summed E-state index contributed by atoms with van der Waals surface area (Å²) >= 11 is 0. The molecule has 0 bridgehead atoms. The van der Waals surface area contributed by atoms with Crippen LogP contribution in [0.5, 0.6) is 5.75 Å². The summed E-state index contributed by atoms with van der Waals surface area (Å²) in [7, 11) is 0. The predicted octanol–water partition coefficient (Wildman–Crippen LogP) is 0.915. The van der Waals surface area contributed by atoms with Crippen LogP contribution in [-0.2, 0) is 4.79 Å². The molecule has 0 saturated heterocycles. The Hall–Kier alpha value is -1.98. The summed E-state index contributed by atoms with van der Waals surface area (Å²) in [6, 6.07) is 1.26. The van der Waals surface area contributed by atoms with E-state index in [9.17, 15) is 14.9 Å². The third-order valence-corrected chi connectivity index (χ3v) is 1.21. The Morgan fingerprint density at radius 3 is 2.92 bits per heavy atom. The minimum absolute atomic E-state index is 0.0903. The topological polar surface area (TPSA) is 82.3 Å². The monoisotopic (exact) mass is 182 g/mol. The molecule has 13 heavy (non-hydrogen) atoms. The summed E-state index contributed by atoms with van der Waals surface area (Å²) in [6.45, 7) is 1.17. The van der Waals surface area contributed by atoms with E-state index < -0.39 is 10.9 Å². The van der Waals surface area contributed by atoms with Crippen LogP contribution in [0.4, 0.5) is 5.69 Å². The first kappa shape index (κ1) is 9.11. The normalized spacial score (nSPS) is 9.31. The van der Waals surface area contributed by atoms with Crippen molar-refractivity contribution in [2.45, 2.75) is 6.92 Å². The molecule has 1 aromatic rings. The maximum absolute atomic E-state index is 10.5. The van der Waals surface area contributed by atoms with E-state index in [2.05, 4.69) is 9.72 Å². The first-order valence-corrected chi connectivity index (χ1v) is 3.38. The SMILES string of the molecule is CC(=O)Oc1ccncc1[N+](=O)[O-]. The molecule has 0 aromatic carbocycles. The van der Waals surface area contributed by atoms with E-state index >= 15 is 0 Å². The standard InChI is InChI=1S/C7H6N2O4/c1-5(10)13-7-2-3-8-4-6(7)9(11)12/h2-4H,1H3. The van der Waals surface area contributed by atoms with Gasteiger partial charge in [-0.3, -0.25) is 19.9 Å². The van der Waals surface area contributed by atoms with Crippen molar-refractivity contribution in [2.75, 3.05) is 0 Å². The van der Waals surface area contributed by atoms with Crippen LogP contribution in [0, 0.1) is 10.1 Å². The summed E-state index contributed by atoms with van der Waals surface area (Å²) in [5.41, 5.74) is -0.322. The molecule has 0 saturated carbocycles. The van der Waals surface area contributed by atoms with Gasteiger partial charge in [0.2, 0.25) is 5.75 Å². The van der Waals surface area contributed by atoms with Crippen LogP contribution >= 0.6 is 0 Å². The minimum atomic E-state index is -0.661. The Labute approximate surface area is 73.3 Å². The maximum atomic E-state index is 10.5. The molecule has 0 radical (unpaired) electrons. The van der Waals surface area contributed by atoms with Crippen molar-refractivity contribution in [1.29, 1.82) is 0 Å². The van der Waals surface area contributed by atoms with Crippen LogP contribution in [-0.4, -0.2) is 15.9 Å². The van der Waals surface area contributed by atoms with Crippen molar-refractivity contribution in [3.05, 3.63) is 28.6 Å². The van der Waals surface area contributed by atoms with E-state index in [0.717, 1.165) is 6.20 Å². The van der Waals surface area contributed by atoms with Gasteiger partial charge in [0.05, 0.1) is 4.92 Å². The van der Waals surface area contributed by atoms with Crippen LogP contribution < -0.4 is 4.74 Å². The van der Waals surface area contributed by atoms with Gasteiger partial charge in [-0.2, -0.15) is 0 Å². The van der Waals surface area contributed by atoms with Crippen LogP contribution in [0.2, 0.25) is 0 Å². The number of nitro groups is 1. The molecule has 68 valence electrons. The highest BCUT2D eigenvalue weighted by Gasteiger charge is 2.15. The van der Waals surface area contributed by atoms with Gasteiger partial charge in [-0.05, 0) is 0 Å². The fourth-order valence-electron chi connectivity index (χ4n) is 0.752. The number of esters is 1. The van der Waals surface area contributed by atoms with Crippen LogP contribution in [0.15, 0.2) is 18.5 Å². The molecule has 0 atom stereocenters. The quantitative estimate of drug-likeness (QED) is 0.385. The Balaban J connectivity index is 3.04. The zero-order valence-corrected chi connectivity index (χ0v) is 6.76. The number of carbonyl (C=O) groups excluding carboxylic acids is 1. The zero-order chi connectivity index (χ0) is 9.84. The molecule has 0 aliphatic heterocycles. The number of hydrogen-bond acceptors (Lipinski definition) is 5. The maximum Gasteiger partial charge on any atom is 0.329 e. The predicted molar refractivity (Wildman–Crippen MR) is 42.2 cm³/mol. The molecule has 1 aromatic heterocycles. The summed E-state index contributed by atoms with van der Waals surface area (Å²) in [5.74, 6) is -0.693. The van der Waals surface area contributed by atoms with Gasteiger partial charge in [0, 0.05) is 19.2 Å². The number of aromatic nitrogens is 1. The van der Waals surface area contributed by atoms with E-state index in [1.54, 1.807) is 0 Å². The number of nitrogens with zero attached hydrogens (tertiary/aromatic N) is 2. The van der Waals surface area contributed by atoms with E-state index in [0.29, 0.717) is 0 Å². The Morgan fingerprint density at radius 1 is 1.69 bits per heavy atom. The molecule has 0 fully saturated rings. The van der Waals surface area contributed by atoms with Gasteiger partial charge in [-0.25, -0.2) is 0 Å². The molecule has 0 aliphatic rings. The number of hydrogen-bond donors (Lipinski definition) is 0. The largest absolute Gasteiger partial charge is 0.419 e. The highest BCUT2D eigenvalue weighted by Crippen LogP contribution is 2.24. The van der Waals surface area contributed by atoms with Crippen molar-refractivity contribution in [3.8, 4) is 5.75 Å². The van der Waals surface area contributed by atoms with Crippen molar-refractivity contribution in [1.82, 2.24) is 4.98 Å². The van der Waals surface area contributed by atoms with Gasteiger partial charge < -0.3 is 4.74 Å². The Morgan fingerprint density at radius 2 is 2.38 bits per heavy atom. The Kier molecular flexibility index (Phi) is 2.53. The van der Waals surface area contributed by atoms with Crippen molar-refractivity contribution in [2.24, 2.45) is 0 Å². The molecular weight excluding hydrogens is 176 g/mol. The van der Waals surface area contributed by atoms with Gasteiger partial charge in [0.15, 0.2) is 0 Å². The van der Waals surface area contributed by atoms with Crippen LogP contribution in [0.3, 0.4) is 0 Å². The lowest BCUT2D eigenvalue weighted by atomic mass is 10.4. The number of rotatable bonds is 2. The number of ether oxygens (including phenoxy) is 1. The first-order valence-electron chi connectivity index (χ1n) is 3.38. The fraction of sp³-hybridized carbons (Fsp3) is 0.143. The van der Waals surface area contributed by atoms with Crippen molar-refractivity contribution < 1.29 is 14.5 Å². The van der Waals surface area contributed by atoms with Crippen molar-refractivity contribution in [3.63, 3.8) is 0 Å². The molecular formula is C7H6N2O4. The second-order valence-corrected chi connectivity index (χ2v) is 2.19. The smallest absolute Gasteiger partial charge is 0.329 e. The highest BCUT2D eigenvalue weighted by molar-refractivity contribution is 5.70. The van der Waals surface area contributed by atoms with Gasteiger partial charge in [-0.1, -0.05) is 0 Å². The van der Waals surface area contributed by atoms with Crippen molar-refractivity contribution >= 4 is 11.7 Å². The number of carbonyl (C=O) groups is 1. The molecule has 6 nitrogen and oxygen atoms in total. The average Bonchev–Trinajstić information content (AvgIpc) is 2.03. The van der Waals surface area contributed by atoms with E-state index in [1.165, 1.54) is 19.2 Å². The molecule has 1 heterocycles. The molecule has 0 aliphatic carbocycles. The Bertz CT molecular complexity index is 350. The average molecular weight is 182 g/mol. The molecule has 0 N–H and O–H groups in total. The minimum Gasteiger partial charge on any atom is -0.419 e. The molecule has 0 spiro atoms. The summed E-state index contributed by atoms with van der Waals surface area (Å²) in [6.07, 6.45) is 2.34. The molecule has 1 rings (SSSR count). The molecule has 6 heteroatoms. The number of pyridine rings is 1. The highest BCUT2D eigenvalue weighted by atomic mass is 16.6. The second kappa shape index (κ2) is 3.61. The fourth-order valence-corrected chi connectivity index (χ4v) is 0.752. The van der Waals surface area contributed by atoms with E-state index in [4.69, 9.17) is 0 Å². The van der Waals surface area contributed by atoms with Gasteiger partial charge in [-0.15, -0.1) is 0 Å². The van der Waals surface area contributed by atoms with Gasteiger partial charge in [0.25, 0.3) is 0 Å². The third-order valence-electron chi connectivity index (χ3n) is 1.21. The van der Waals surface area contributed by atoms with E-state index in [-0.39, 0.29) is 11.4 Å². The van der Waals surface area contributed by atoms with Crippen LogP contribution in [0.25, 0.3) is 0 Å². The van der Waals surface area contributed by atoms with Gasteiger partial charge in [0.1, 0.15) is 6.20 Å². The second-order valence-electron chi connectivity index (χ2n) is 2.19. The summed E-state index contributed by atoms with van der Waals surface area (Å²) in [5, 5.41) is 10.4. The third kappa shape index (κ3) is 2.22. The first-order chi connectivity index (χ1) is 6.11. The lowest BCUT2D eigenvalue weighted by Crippen LogP contribution is -2.04. The summed E-state index contributed by atoms with van der Waals surface area (Å²) in [4.78, 5) is 23.8.